The second-order valence-corrected chi connectivity index (χ2v) is 8.35. The Balaban J connectivity index is 1.43. The number of ether oxygens (including phenoxy) is 4. The van der Waals surface area contributed by atoms with E-state index in [0.717, 1.165) is 0 Å². The molecule has 1 aliphatic heterocycles. The molecule has 38 heavy (non-hydrogen) atoms. The monoisotopic (exact) mass is 513 g/mol. The minimum Gasteiger partial charge on any atom is -0.459 e. The van der Waals surface area contributed by atoms with Gasteiger partial charge in [0.25, 0.3) is 0 Å². The van der Waals surface area contributed by atoms with E-state index in [9.17, 15) is 14.4 Å². The van der Waals surface area contributed by atoms with Crippen LogP contribution in [0.25, 0.3) is 0 Å². The number of nitrogens with zero attached hydrogens (tertiary/aromatic N) is 3. The zero-order valence-corrected chi connectivity index (χ0v) is 20.0. The van der Waals surface area contributed by atoms with Crippen molar-refractivity contribution in [1.82, 2.24) is 15.0 Å². The maximum absolute atomic E-state index is 13.0. The highest BCUT2D eigenvalue weighted by Crippen LogP contribution is 2.34. The van der Waals surface area contributed by atoms with Crippen molar-refractivity contribution in [3.8, 4) is 0 Å². The second-order valence-electron chi connectivity index (χ2n) is 8.35. The highest BCUT2D eigenvalue weighted by atomic mass is 16.7. The normalized spacial score (nSPS) is 20.4. The molecule has 4 atom stereocenters. The summed E-state index contributed by atoms with van der Waals surface area (Å²) >= 11 is 0. The van der Waals surface area contributed by atoms with Crippen LogP contribution in [-0.4, -0.2) is 57.8 Å². The van der Waals surface area contributed by atoms with Gasteiger partial charge in [0, 0.05) is 0 Å². The van der Waals surface area contributed by atoms with Crippen molar-refractivity contribution < 1.29 is 33.3 Å². The Morgan fingerprint density at radius 1 is 0.658 bits per heavy atom. The van der Waals surface area contributed by atoms with Crippen LogP contribution >= 0.6 is 0 Å². The molecule has 0 N–H and O–H groups in total. The quantitative estimate of drug-likeness (QED) is 0.258. The summed E-state index contributed by atoms with van der Waals surface area (Å²) in [6.45, 7) is -0.280. The molecule has 3 aromatic carbocycles. The topological polar surface area (TPSA) is 119 Å². The van der Waals surface area contributed by atoms with Gasteiger partial charge in [0.1, 0.15) is 12.7 Å². The first kappa shape index (κ1) is 24.8. The molecule has 0 saturated carbocycles. The van der Waals surface area contributed by atoms with Crippen molar-refractivity contribution in [3.63, 3.8) is 0 Å². The van der Waals surface area contributed by atoms with Crippen molar-refractivity contribution in [3.05, 3.63) is 120 Å². The Labute approximate surface area is 217 Å². The average Bonchev–Trinajstić information content (AvgIpc) is 3.62. The lowest BCUT2D eigenvalue weighted by atomic mass is 10.1. The first-order valence-electron chi connectivity index (χ1n) is 11.9. The molecule has 1 aromatic heterocycles. The minimum atomic E-state index is -1.15. The fourth-order valence-corrected chi connectivity index (χ4v) is 4.00. The van der Waals surface area contributed by atoms with Crippen molar-refractivity contribution in [2.75, 3.05) is 6.61 Å². The lowest BCUT2D eigenvalue weighted by molar-refractivity contribution is -0.0732. The Hall–Kier alpha value is -4.83. The Bertz CT molecular complexity index is 1370. The largest absolute Gasteiger partial charge is 0.459 e. The average molecular weight is 514 g/mol. The highest BCUT2D eigenvalue weighted by molar-refractivity contribution is 5.90. The van der Waals surface area contributed by atoms with Gasteiger partial charge in [-0.1, -0.05) is 54.6 Å². The van der Waals surface area contributed by atoms with E-state index in [1.165, 1.54) is 17.2 Å². The van der Waals surface area contributed by atoms with Crippen LogP contribution in [0.1, 0.15) is 37.3 Å². The summed E-state index contributed by atoms with van der Waals surface area (Å²) in [5.74, 6) is -1.90. The van der Waals surface area contributed by atoms with E-state index in [1.54, 1.807) is 91.0 Å². The molecule has 0 amide bonds. The molecule has 1 aliphatic rings. The van der Waals surface area contributed by atoms with E-state index >= 15 is 0 Å². The molecule has 0 aliphatic carbocycles. The molecule has 1 fully saturated rings. The van der Waals surface area contributed by atoms with Crippen molar-refractivity contribution in [1.29, 1.82) is 0 Å². The molecule has 0 spiro atoms. The first-order valence-corrected chi connectivity index (χ1v) is 11.9. The molecule has 4 aromatic rings. The number of hydrogen-bond acceptors (Lipinski definition) is 9. The number of aromatic nitrogens is 3. The van der Waals surface area contributed by atoms with Crippen LogP contribution < -0.4 is 0 Å². The van der Waals surface area contributed by atoms with Crippen LogP contribution in [0, 0.1) is 0 Å². The molecule has 5 rings (SSSR count). The third-order valence-corrected chi connectivity index (χ3v) is 5.84. The van der Waals surface area contributed by atoms with Gasteiger partial charge >= 0.3 is 17.9 Å². The molecular weight excluding hydrogens is 490 g/mol. The Morgan fingerprint density at radius 2 is 1.11 bits per heavy atom. The van der Waals surface area contributed by atoms with E-state index in [2.05, 4.69) is 10.2 Å². The van der Waals surface area contributed by atoms with Gasteiger partial charge in [-0.15, -0.1) is 0 Å². The van der Waals surface area contributed by atoms with Gasteiger partial charge in [-0.05, 0) is 36.4 Å². The van der Waals surface area contributed by atoms with Crippen LogP contribution in [0.3, 0.4) is 0 Å². The maximum Gasteiger partial charge on any atom is 0.338 e. The highest BCUT2D eigenvalue weighted by Gasteiger charge is 2.52. The minimum absolute atomic E-state index is 0.280. The van der Waals surface area contributed by atoms with Gasteiger partial charge in [-0.25, -0.2) is 14.4 Å². The van der Waals surface area contributed by atoms with E-state index < -0.39 is 42.4 Å². The van der Waals surface area contributed by atoms with Crippen molar-refractivity contribution >= 4 is 17.9 Å². The molecule has 1 saturated heterocycles. The van der Waals surface area contributed by atoms with Crippen LogP contribution in [0.5, 0.6) is 0 Å². The fraction of sp³-hybridized carbons (Fsp3) is 0.179. The predicted molar refractivity (Wildman–Crippen MR) is 132 cm³/mol. The summed E-state index contributed by atoms with van der Waals surface area (Å²) in [6, 6.07) is 25.2. The van der Waals surface area contributed by atoms with Gasteiger partial charge < -0.3 is 18.9 Å². The lowest BCUT2D eigenvalue weighted by Gasteiger charge is -2.24. The number of rotatable bonds is 8. The van der Waals surface area contributed by atoms with Gasteiger partial charge in [-0.3, -0.25) is 0 Å². The van der Waals surface area contributed by atoms with E-state index in [1.807, 2.05) is 0 Å². The van der Waals surface area contributed by atoms with Gasteiger partial charge in [0.2, 0.25) is 6.23 Å². The van der Waals surface area contributed by atoms with E-state index in [-0.39, 0.29) is 6.61 Å². The van der Waals surface area contributed by atoms with E-state index in [0.29, 0.717) is 16.7 Å². The van der Waals surface area contributed by atoms with Gasteiger partial charge in [0.05, 0.1) is 29.1 Å². The third-order valence-electron chi connectivity index (χ3n) is 5.84. The maximum atomic E-state index is 13.0. The molecule has 2 heterocycles. The third kappa shape index (κ3) is 5.60. The summed E-state index contributed by atoms with van der Waals surface area (Å²) in [6.07, 6.45) is -1.45. The standard InChI is InChI=1S/C28H23N3O7/c32-26(19-10-4-1-5-11-19)35-18-22-23(37-27(33)20-12-6-2-7-13-20)24(25(36-22)31-29-16-17-30-31)38-28(34)21-14-8-3-9-15-21/h1-17,22-25H,18H2/t22-,23-,24-,25-/m1/s1. The summed E-state index contributed by atoms with van der Waals surface area (Å²) in [4.78, 5) is 39.9. The van der Waals surface area contributed by atoms with Crippen LogP contribution in [0.15, 0.2) is 103 Å². The number of carbonyl (C=O) groups is 3. The van der Waals surface area contributed by atoms with Gasteiger partial charge in [0.15, 0.2) is 12.2 Å². The molecule has 10 nitrogen and oxygen atoms in total. The number of carbonyl (C=O) groups excluding carboxylic acids is 3. The number of benzene rings is 3. The SMILES string of the molecule is O=C(OC[C@H]1O[C@@H](n2nccn2)[C@H](OC(=O)c2ccccc2)[C@@H]1OC(=O)c1ccccc1)c1ccccc1. The summed E-state index contributed by atoms with van der Waals surface area (Å²) in [5, 5.41) is 8.24. The fourth-order valence-electron chi connectivity index (χ4n) is 4.00. The van der Waals surface area contributed by atoms with Crippen LogP contribution in [0.4, 0.5) is 0 Å². The predicted octanol–water partition coefficient (Wildman–Crippen LogP) is 3.48. The molecule has 0 unspecified atom stereocenters. The number of hydrogen-bond donors (Lipinski definition) is 0. The Morgan fingerprint density at radius 3 is 1.61 bits per heavy atom. The smallest absolute Gasteiger partial charge is 0.338 e. The van der Waals surface area contributed by atoms with Gasteiger partial charge in [-0.2, -0.15) is 15.0 Å². The molecule has 0 bridgehead atoms. The summed E-state index contributed by atoms with van der Waals surface area (Å²) in [7, 11) is 0. The summed E-state index contributed by atoms with van der Waals surface area (Å²) in [5.41, 5.74) is 0.939. The van der Waals surface area contributed by atoms with Crippen LogP contribution in [0.2, 0.25) is 0 Å². The first-order chi connectivity index (χ1) is 18.6. The molecular formula is C28H23N3O7. The number of esters is 3. The van der Waals surface area contributed by atoms with Crippen molar-refractivity contribution in [2.24, 2.45) is 0 Å². The molecule has 192 valence electrons. The van der Waals surface area contributed by atoms with Crippen molar-refractivity contribution in [2.45, 2.75) is 24.5 Å². The Kier molecular flexibility index (Phi) is 7.51. The molecule has 0 radical (unpaired) electrons. The second kappa shape index (κ2) is 11.5. The summed E-state index contributed by atoms with van der Waals surface area (Å²) < 4.78 is 23.2. The van der Waals surface area contributed by atoms with Crippen LogP contribution in [-0.2, 0) is 18.9 Å². The zero-order chi connectivity index (χ0) is 26.3. The van der Waals surface area contributed by atoms with E-state index in [4.69, 9.17) is 18.9 Å². The lowest BCUT2D eigenvalue weighted by Crippen LogP contribution is -2.41. The zero-order valence-electron chi connectivity index (χ0n) is 20.0. The molecule has 10 heteroatoms.